The zero-order chi connectivity index (χ0) is 12.3. The van der Waals surface area contributed by atoms with Gasteiger partial charge in [-0.15, -0.1) is 10.2 Å². The van der Waals surface area contributed by atoms with Crippen molar-refractivity contribution < 1.29 is 4.74 Å². The molecule has 0 aliphatic rings. The Labute approximate surface area is 108 Å². The molecule has 1 aromatic carbocycles. The summed E-state index contributed by atoms with van der Waals surface area (Å²) in [5.41, 5.74) is 8.72. The first kappa shape index (κ1) is 12.3. The fourth-order valence-corrected chi connectivity index (χ4v) is 3.23. The standard InChI is InChI=1S/C11H13N3OS2/c1-7(12)10-8(15-2)4-3-5-9(10)17-11-14-13-6-16-11/h3-7H,12H2,1-2H3/t7-/m1/s1. The molecule has 0 fully saturated rings. The number of rotatable bonds is 4. The largest absolute Gasteiger partial charge is 0.496 e. The van der Waals surface area contributed by atoms with Crippen molar-refractivity contribution in [1.82, 2.24) is 10.2 Å². The Bertz CT molecular complexity index is 485. The number of nitrogens with zero attached hydrogens (tertiary/aromatic N) is 2. The first-order chi connectivity index (χ1) is 8.22. The van der Waals surface area contributed by atoms with Crippen LogP contribution in [0.5, 0.6) is 5.75 Å². The first-order valence-electron chi connectivity index (χ1n) is 5.09. The van der Waals surface area contributed by atoms with Crippen molar-refractivity contribution in [3.63, 3.8) is 0 Å². The highest BCUT2D eigenvalue weighted by Gasteiger charge is 2.14. The van der Waals surface area contributed by atoms with Crippen LogP contribution in [0.15, 0.2) is 32.9 Å². The quantitative estimate of drug-likeness (QED) is 0.923. The molecule has 1 aromatic heterocycles. The van der Waals surface area contributed by atoms with Crippen LogP contribution < -0.4 is 10.5 Å². The molecular weight excluding hydrogens is 254 g/mol. The maximum Gasteiger partial charge on any atom is 0.178 e. The Morgan fingerprint density at radius 3 is 2.88 bits per heavy atom. The van der Waals surface area contributed by atoms with Gasteiger partial charge in [-0.05, 0) is 19.1 Å². The van der Waals surface area contributed by atoms with Crippen LogP contribution in [-0.4, -0.2) is 17.3 Å². The Kier molecular flexibility index (Phi) is 3.98. The number of aromatic nitrogens is 2. The van der Waals surface area contributed by atoms with E-state index in [0.717, 1.165) is 20.5 Å². The lowest BCUT2D eigenvalue weighted by molar-refractivity contribution is 0.405. The summed E-state index contributed by atoms with van der Waals surface area (Å²) in [5, 5.41) is 7.84. The second kappa shape index (κ2) is 5.48. The molecule has 0 amide bonds. The molecule has 0 radical (unpaired) electrons. The molecule has 0 unspecified atom stereocenters. The summed E-state index contributed by atoms with van der Waals surface area (Å²) in [7, 11) is 1.65. The van der Waals surface area contributed by atoms with Crippen LogP contribution in [0.25, 0.3) is 0 Å². The zero-order valence-electron chi connectivity index (χ0n) is 9.58. The van der Waals surface area contributed by atoms with E-state index in [2.05, 4.69) is 10.2 Å². The number of hydrogen-bond donors (Lipinski definition) is 1. The molecule has 1 heterocycles. The summed E-state index contributed by atoms with van der Waals surface area (Å²) >= 11 is 3.07. The topological polar surface area (TPSA) is 61.0 Å². The van der Waals surface area contributed by atoms with Crippen LogP contribution >= 0.6 is 23.1 Å². The molecule has 6 heteroatoms. The van der Waals surface area contributed by atoms with E-state index in [9.17, 15) is 0 Å². The van der Waals surface area contributed by atoms with Gasteiger partial charge in [0.05, 0.1) is 7.11 Å². The van der Waals surface area contributed by atoms with Gasteiger partial charge in [-0.25, -0.2) is 0 Å². The van der Waals surface area contributed by atoms with Gasteiger partial charge in [-0.1, -0.05) is 29.2 Å². The normalized spacial score (nSPS) is 12.4. The third-order valence-corrected chi connectivity index (χ3v) is 4.09. The SMILES string of the molecule is COc1cccc(Sc2nncs2)c1[C@@H](C)N. The van der Waals surface area contributed by atoms with Crippen LogP contribution in [-0.2, 0) is 0 Å². The summed E-state index contributed by atoms with van der Waals surface area (Å²) in [6.07, 6.45) is 0. The van der Waals surface area contributed by atoms with Gasteiger partial charge in [-0.3, -0.25) is 0 Å². The molecule has 0 aliphatic heterocycles. The maximum absolute atomic E-state index is 5.99. The Morgan fingerprint density at radius 2 is 2.29 bits per heavy atom. The maximum atomic E-state index is 5.99. The molecule has 0 saturated heterocycles. The van der Waals surface area contributed by atoms with Gasteiger partial charge in [0.2, 0.25) is 0 Å². The second-order valence-corrected chi connectivity index (χ2v) is 5.59. The highest BCUT2D eigenvalue weighted by Crippen LogP contribution is 2.37. The Morgan fingerprint density at radius 1 is 1.47 bits per heavy atom. The Hall–Kier alpha value is -1.11. The van der Waals surface area contributed by atoms with Crippen molar-refractivity contribution in [2.24, 2.45) is 5.73 Å². The summed E-state index contributed by atoms with van der Waals surface area (Å²) in [4.78, 5) is 1.07. The molecule has 90 valence electrons. The molecule has 0 bridgehead atoms. The highest BCUT2D eigenvalue weighted by atomic mass is 32.2. The predicted octanol–water partition coefficient (Wildman–Crippen LogP) is 2.72. The van der Waals surface area contributed by atoms with Gasteiger partial charge in [-0.2, -0.15) is 0 Å². The second-order valence-electron chi connectivity index (χ2n) is 3.47. The van der Waals surface area contributed by atoms with Gasteiger partial charge in [0.15, 0.2) is 4.34 Å². The first-order valence-corrected chi connectivity index (χ1v) is 6.78. The molecule has 0 aliphatic carbocycles. The number of methoxy groups -OCH3 is 1. The summed E-state index contributed by atoms with van der Waals surface area (Å²) in [6.45, 7) is 1.95. The number of hydrogen-bond acceptors (Lipinski definition) is 6. The number of nitrogens with two attached hydrogens (primary N) is 1. The van der Waals surface area contributed by atoms with Crippen LogP contribution in [0.4, 0.5) is 0 Å². The van der Waals surface area contributed by atoms with Crippen molar-refractivity contribution >= 4 is 23.1 Å². The lowest BCUT2D eigenvalue weighted by Gasteiger charge is -2.15. The van der Waals surface area contributed by atoms with Crippen molar-refractivity contribution in [1.29, 1.82) is 0 Å². The van der Waals surface area contributed by atoms with Crippen LogP contribution in [0, 0.1) is 0 Å². The van der Waals surface area contributed by atoms with E-state index in [1.54, 1.807) is 24.4 Å². The molecule has 2 N–H and O–H groups in total. The van der Waals surface area contributed by atoms with Gasteiger partial charge in [0, 0.05) is 16.5 Å². The minimum Gasteiger partial charge on any atom is -0.496 e. The van der Waals surface area contributed by atoms with Crippen molar-refractivity contribution in [2.75, 3.05) is 7.11 Å². The van der Waals surface area contributed by atoms with Gasteiger partial charge >= 0.3 is 0 Å². The minimum absolute atomic E-state index is 0.0819. The molecule has 0 spiro atoms. The minimum atomic E-state index is -0.0819. The van der Waals surface area contributed by atoms with E-state index in [-0.39, 0.29) is 6.04 Å². The van der Waals surface area contributed by atoms with Crippen LogP contribution in [0.2, 0.25) is 0 Å². The average molecular weight is 267 g/mol. The average Bonchev–Trinajstić information content (AvgIpc) is 2.81. The van der Waals surface area contributed by atoms with E-state index in [1.165, 1.54) is 11.3 Å². The molecule has 17 heavy (non-hydrogen) atoms. The van der Waals surface area contributed by atoms with Gasteiger partial charge in [0.1, 0.15) is 11.3 Å². The fourth-order valence-electron chi connectivity index (χ4n) is 1.54. The van der Waals surface area contributed by atoms with Crippen LogP contribution in [0.3, 0.4) is 0 Å². The van der Waals surface area contributed by atoms with Crippen molar-refractivity contribution in [3.8, 4) is 5.75 Å². The third kappa shape index (κ3) is 2.77. The molecule has 0 saturated carbocycles. The van der Waals surface area contributed by atoms with E-state index in [1.807, 2.05) is 25.1 Å². The molecule has 2 aromatic rings. The lowest BCUT2D eigenvalue weighted by atomic mass is 10.1. The summed E-state index contributed by atoms with van der Waals surface area (Å²) < 4.78 is 6.24. The van der Waals surface area contributed by atoms with Crippen molar-refractivity contribution in [2.45, 2.75) is 22.2 Å². The monoisotopic (exact) mass is 267 g/mol. The third-order valence-electron chi connectivity index (χ3n) is 2.24. The van der Waals surface area contributed by atoms with Crippen LogP contribution in [0.1, 0.15) is 18.5 Å². The molecule has 1 atom stereocenters. The van der Waals surface area contributed by atoms with E-state index in [0.29, 0.717) is 0 Å². The van der Waals surface area contributed by atoms with E-state index in [4.69, 9.17) is 10.5 Å². The van der Waals surface area contributed by atoms with E-state index < -0.39 is 0 Å². The molecule has 2 rings (SSSR count). The molecule has 4 nitrogen and oxygen atoms in total. The van der Waals surface area contributed by atoms with Gasteiger partial charge < -0.3 is 10.5 Å². The lowest BCUT2D eigenvalue weighted by Crippen LogP contribution is -2.08. The Balaban J connectivity index is 2.39. The highest BCUT2D eigenvalue weighted by molar-refractivity contribution is 8.01. The smallest absolute Gasteiger partial charge is 0.178 e. The number of benzene rings is 1. The fraction of sp³-hybridized carbons (Fsp3) is 0.273. The summed E-state index contributed by atoms with van der Waals surface area (Å²) in [5.74, 6) is 0.814. The summed E-state index contributed by atoms with van der Waals surface area (Å²) in [6, 6.07) is 5.81. The van der Waals surface area contributed by atoms with Gasteiger partial charge in [0.25, 0.3) is 0 Å². The van der Waals surface area contributed by atoms with Crippen molar-refractivity contribution in [3.05, 3.63) is 29.3 Å². The zero-order valence-corrected chi connectivity index (χ0v) is 11.2. The predicted molar refractivity (Wildman–Crippen MR) is 69.6 cm³/mol. The molecular formula is C11H13N3OS2. The van der Waals surface area contributed by atoms with E-state index >= 15 is 0 Å². The number of ether oxygens (including phenoxy) is 1.